The lowest BCUT2D eigenvalue weighted by molar-refractivity contribution is -0.139. The molecule has 2 atom stereocenters. The molecule has 204 valence electrons. The molecular formula is C30H32FN3O5. The van der Waals surface area contributed by atoms with Gasteiger partial charge in [0.05, 0.1) is 48.2 Å². The molecule has 3 N–H and O–H groups in total. The maximum absolute atomic E-state index is 13.9. The van der Waals surface area contributed by atoms with Gasteiger partial charge in [0.15, 0.2) is 5.65 Å². The summed E-state index contributed by atoms with van der Waals surface area (Å²) in [6, 6.07) is 13.7. The number of ether oxygens (including phenoxy) is 1. The molecule has 0 spiro atoms. The van der Waals surface area contributed by atoms with Gasteiger partial charge >= 0.3 is 5.97 Å². The van der Waals surface area contributed by atoms with Crippen LogP contribution in [0.4, 0.5) is 4.39 Å². The first-order valence-electron chi connectivity index (χ1n) is 12.7. The smallest absolute Gasteiger partial charge is 0.305 e. The Kier molecular flexibility index (Phi) is 8.42. The van der Waals surface area contributed by atoms with Crippen LogP contribution in [0.15, 0.2) is 54.6 Å². The fraction of sp³-hybridized carbons (Fsp3) is 0.300. The van der Waals surface area contributed by atoms with Gasteiger partial charge in [0.2, 0.25) is 0 Å². The molecule has 4 rings (SSSR count). The van der Waals surface area contributed by atoms with Crippen molar-refractivity contribution < 1.29 is 29.2 Å². The highest BCUT2D eigenvalue weighted by Crippen LogP contribution is 2.39. The van der Waals surface area contributed by atoms with Gasteiger partial charge in [-0.15, -0.1) is 0 Å². The quantitative estimate of drug-likeness (QED) is 0.254. The standard InChI is InChI=1S/C30H32FN3O5/c1-17(2)29-25(14-11-22(35)15-23(36)16-26(37)38)28(19-5-7-20(31)8-6-19)27-18(3)33-34(30(27)32-29)21-9-12-24(39-4)13-10-21/h5-14,17,22-23,35-36H,15-16H2,1-4H3,(H,37,38)/b14-11+. The van der Waals surface area contributed by atoms with E-state index in [1.165, 1.54) is 18.2 Å². The lowest BCUT2D eigenvalue weighted by Crippen LogP contribution is -2.19. The summed E-state index contributed by atoms with van der Waals surface area (Å²) in [4.78, 5) is 15.9. The topological polar surface area (TPSA) is 118 Å². The van der Waals surface area contributed by atoms with Crippen molar-refractivity contribution in [3.05, 3.63) is 77.4 Å². The fourth-order valence-corrected chi connectivity index (χ4v) is 4.63. The maximum atomic E-state index is 13.9. The first kappa shape index (κ1) is 27.9. The van der Waals surface area contributed by atoms with E-state index in [0.717, 1.165) is 39.2 Å². The van der Waals surface area contributed by atoms with Crippen LogP contribution in [0.25, 0.3) is 33.9 Å². The normalized spacial score (nSPS) is 13.3. The molecule has 8 nitrogen and oxygen atoms in total. The fourth-order valence-electron chi connectivity index (χ4n) is 4.63. The van der Waals surface area contributed by atoms with E-state index >= 15 is 0 Å². The molecule has 0 amide bonds. The Morgan fingerprint density at radius 1 is 1.10 bits per heavy atom. The second-order valence-electron chi connectivity index (χ2n) is 9.76. The molecule has 0 radical (unpaired) electrons. The van der Waals surface area contributed by atoms with Crippen LogP contribution < -0.4 is 4.74 Å². The van der Waals surface area contributed by atoms with Gasteiger partial charge in [-0.05, 0) is 54.8 Å². The number of fused-ring (bicyclic) bond motifs is 1. The summed E-state index contributed by atoms with van der Waals surface area (Å²) in [5.41, 5.74) is 5.16. The third-order valence-corrected chi connectivity index (χ3v) is 6.46. The van der Waals surface area contributed by atoms with Crippen LogP contribution >= 0.6 is 0 Å². The number of carbonyl (C=O) groups is 1. The van der Waals surface area contributed by atoms with Crippen LogP contribution in [-0.4, -0.2) is 55.4 Å². The third kappa shape index (κ3) is 6.16. The maximum Gasteiger partial charge on any atom is 0.305 e. The summed E-state index contributed by atoms with van der Waals surface area (Å²) in [5.74, 6) is -0.811. The number of carboxylic acid groups (broad SMARTS) is 1. The lowest BCUT2D eigenvalue weighted by atomic mass is 9.91. The summed E-state index contributed by atoms with van der Waals surface area (Å²) < 4.78 is 21.0. The van der Waals surface area contributed by atoms with Gasteiger partial charge in [-0.1, -0.05) is 38.1 Å². The number of pyridine rings is 1. The van der Waals surface area contributed by atoms with E-state index in [0.29, 0.717) is 11.4 Å². The number of aryl methyl sites for hydroxylation is 1. The molecule has 4 aromatic rings. The molecular weight excluding hydrogens is 501 g/mol. The number of hydrogen-bond donors (Lipinski definition) is 3. The Bertz CT molecular complexity index is 1490. The Morgan fingerprint density at radius 3 is 2.36 bits per heavy atom. The number of benzene rings is 2. The van der Waals surface area contributed by atoms with Crippen molar-refractivity contribution in [1.29, 1.82) is 0 Å². The zero-order chi connectivity index (χ0) is 28.3. The van der Waals surface area contributed by atoms with E-state index in [1.54, 1.807) is 30.0 Å². The van der Waals surface area contributed by atoms with Crippen molar-refractivity contribution in [2.75, 3.05) is 7.11 Å². The van der Waals surface area contributed by atoms with Crippen molar-refractivity contribution in [3.8, 4) is 22.6 Å². The number of aromatic nitrogens is 3. The van der Waals surface area contributed by atoms with Crippen molar-refractivity contribution in [2.45, 2.75) is 51.7 Å². The number of halogens is 1. The Labute approximate surface area is 226 Å². The predicted molar refractivity (Wildman–Crippen MR) is 148 cm³/mol. The van der Waals surface area contributed by atoms with E-state index in [1.807, 2.05) is 45.0 Å². The van der Waals surface area contributed by atoms with Crippen LogP contribution in [0.3, 0.4) is 0 Å². The lowest BCUT2D eigenvalue weighted by Gasteiger charge is -2.18. The van der Waals surface area contributed by atoms with Crippen molar-refractivity contribution in [3.63, 3.8) is 0 Å². The number of carboxylic acids is 1. The average Bonchev–Trinajstić information content (AvgIpc) is 3.22. The molecule has 0 bridgehead atoms. The van der Waals surface area contributed by atoms with Gasteiger partial charge in [-0.25, -0.2) is 14.1 Å². The van der Waals surface area contributed by atoms with Gasteiger partial charge in [-0.2, -0.15) is 5.10 Å². The molecule has 0 aliphatic rings. The van der Waals surface area contributed by atoms with Gasteiger partial charge in [0.1, 0.15) is 11.6 Å². The van der Waals surface area contributed by atoms with Crippen molar-refractivity contribution >= 4 is 23.1 Å². The molecule has 2 unspecified atom stereocenters. The highest BCUT2D eigenvalue weighted by Gasteiger charge is 2.23. The van der Waals surface area contributed by atoms with E-state index in [2.05, 4.69) is 0 Å². The zero-order valence-electron chi connectivity index (χ0n) is 22.3. The molecule has 2 aromatic heterocycles. The van der Waals surface area contributed by atoms with E-state index in [9.17, 15) is 19.4 Å². The molecule has 0 aliphatic carbocycles. The van der Waals surface area contributed by atoms with Crippen LogP contribution in [0.5, 0.6) is 5.75 Å². The van der Waals surface area contributed by atoms with Gasteiger partial charge in [0, 0.05) is 17.5 Å². The molecule has 0 fully saturated rings. The average molecular weight is 534 g/mol. The SMILES string of the molecule is COc1ccc(-n2nc(C)c3c(-c4ccc(F)cc4)c(/C=C/C(O)CC(O)CC(=O)O)c(C(C)C)nc32)cc1. The van der Waals surface area contributed by atoms with Crippen LogP contribution in [-0.2, 0) is 4.79 Å². The summed E-state index contributed by atoms with van der Waals surface area (Å²) in [7, 11) is 1.60. The number of aliphatic carboxylic acids is 1. The number of nitrogens with zero attached hydrogens (tertiary/aromatic N) is 3. The second kappa shape index (κ2) is 11.8. The summed E-state index contributed by atoms with van der Waals surface area (Å²) >= 11 is 0. The summed E-state index contributed by atoms with van der Waals surface area (Å²) in [6.07, 6.45) is 0.405. The first-order valence-corrected chi connectivity index (χ1v) is 12.7. The Morgan fingerprint density at radius 2 is 1.77 bits per heavy atom. The second-order valence-corrected chi connectivity index (χ2v) is 9.76. The summed E-state index contributed by atoms with van der Waals surface area (Å²) in [6.45, 7) is 5.90. The van der Waals surface area contributed by atoms with E-state index in [4.69, 9.17) is 19.9 Å². The minimum Gasteiger partial charge on any atom is -0.497 e. The van der Waals surface area contributed by atoms with Gasteiger partial charge < -0.3 is 20.1 Å². The van der Waals surface area contributed by atoms with Crippen molar-refractivity contribution in [1.82, 2.24) is 14.8 Å². The molecule has 2 aromatic carbocycles. The Balaban J connectivity index is 1.94. The number of rotatable bonds is 10. The summed E-state index contributed by atoms with van der Waals surface area (Å²) in [5, 5.41) is 35.0. The third-order valence-electron chi connectivity index (χ3n) is 6.46. The molecule has 9 heteroatoms. The highest BCUT2D eigenvalue weighted by atomic mass is 19.1. The van der Waals surface area contributed by atoms with Crippen LogP contribution in [0, 0.1) is 12.7 Å². The number of aliphatic hydroxyl groups is 2. The number of hydrogen-bond acceptors (Lipinski definition) is 6. The van der Waals surface area contributed by atoms with Crippen LogP contribution in [0.1, 0.15) is 49.6 Å². The minimum atomic E-state index is -1.19. The highest BCUT2D eigenvalue weighted by molar-refractivity contribution is 6.00. The van der Waals surface area contributed by atoms with Gasteiger partial charge in [0.25, 0.3) is 0 Å². The molecule has 0 aliphatic heterocycles. The monoisotopic (exact) mass is 533 g/mol. The molecule has 39 heavy (non-hydrogen) atoms. The number of aliphatic hydroxyl groups excluding tert-OH is 2. The largest absolute Gasteiger partial charge is 0.497 e. The minimum absolute atomic E-state index is 0.0254. The van der Waals surface area contributed by atoms with Gasteiger partial charge in [-0.3, -0.25) is 4.79 Å². The van der Waals surface area contributed by atoms with E-state index in [-0.39, 0.29) is 18.2 Å². The molecule has 0 saturated carbocycles. The van der Waals surface area contributed by atoms with E-state index < -0.39 is 24.6 Å². The Hall–Kier alpha value is -4.08. The zero-order valence-corrected chi connectivity index (χ0v) is 22.3. The molecule has 0 saturated heterocycles. The van der Waals surface area contributed by atoms with Crippen molar-refractivity contribution in [2.24, 2.45) is 0 Å². The predicted octanol–water partition coefficient (Wildman–Crippen LogP) is 5.27. The number of methoxy groups -OCH3 is 1. The van der Waals surface area contributed by atoms with Crippen LogP contribution in [0.2, 0.25) is 0 Å². The first-order chi connectivity index (χ1) is 18.6. The molecule has 2 heterocycles.